The molecule has 3 aromatic carbocycles. The number of anilines is 1. The van der Waals surface area contributed by atoms with Crippen molar-refractivity contribution in [3.8, 4) is 11.5 Å². The smallest absolute Gasteiger partial charge is 0.257 e. The van der Waals surface area contributed by atoms with Crippen LogP contribution in [0.4, 0.5) is 5.69 Å². The van der Waals surface area contributed by atoms with Crippen molar-refractivity contribution >= 4 is 38.9 Å². The van der Waals surface area contributed by atoms with E-state index >= 15 is 0 Å². The molecule has 0 heterocycles. The number of hydrogen-bond acceptors (Lipinski definition) is 6. The molecule has 10 heteroatoms. The Hall–Kier alpha value is -3.47. The van der Waals surface area contributed by atoms with Gasteiger partial charge in [0.2, 0.25) is 10.0 Å². The molecular weight excluding hydrogens is 486 g/mol. The molecule has 0 fully saturated rings. The van der Waals surface area contributed by atoms with E-state index < -0.39 is 15.9 Å². The molecule has 3 rings (SSSR count). The van der Waals surface area contributed by atoms with Gasteiger partial charge in [-0.25, -0.2) is 13.1 Å². The Morgan fingerprint density at radius 1 is 0.886 bits per heavy atom. The van der Waals surface area contributed by atoms with Crippen molar-refractivity contribution in [2.45, 2.75) is 24.8 Å². The Labute approximate surface area is 210 Å². The minimum absolute atomic E-state index is 0.0773. The van der Waals surface area contributed by atoms with Gasteiger partial charge in [0.25, 0.3) is 5.91 Å². The van der Waals surface area contributed by atoms with E-state index in [9.17, 15) is 13.2 Å². The van der Waals surface area contributed by atoms with Gasteiger partial charge in [-0.05, 0) is 80.7 Å². The number of amides is 1. The maximum absolute atomic E-state index is 12.6. The highest BCUT2D eigenvalue weighted by Gasteiger charge is 2.15. The number of sulfonamides is 1. The fourth-order valence-corrected chi connectivity index (χ4v) is 4.46. The van der Waals surface area contributed by atoms with Gasteiger partial charge in [0.1, 0.15) is 24.7 Å². The topological polar surface area (TPSA) is 106 Å². The van der Waals surface area contributed by atoms with Crippen LogP contribution in [-0.4, -0.2) is 38.7 Å². The van der Waals surface area contributed by atoms with Crippen molar-refractivity contribution in [2.75, 3.05) is 18.5 Å². The molecule has 0 radical (unpaired) electrons. The number of carbonyl (C=O) groups excluding carboxylic acids is 1. The number of thiocarbonyl (C=S) groups is 1. The maximum Gasteiger partial charge on any atom is 0.257 e. The number of hydrogen-bond donors (Lipinski definition) is 3. The Morgan fingerprint density at radius 2 is 1.51 bits per heavy atom. The molecule has 0 saturated heterocycles. The highest BCUT2D eigenvalue weighted by Crippen LogP contribution is 2.16. The van der Waals surface area contributed by atoms with Crippen LogP contribution in [-0.2, 0) is 10.0 Å². The largest absolute Gasteiger partial charge is 0.490 e. The van der Waals surface area contributed by atoms with Crippen molar-refractivity contribution in [1.82, 2.24) is 10.0 Å². The normalized spacial score (nSPS) is 11.1. The molecule has 3 aromatic rings. The second-order valence-corrected chi connectivity index (χ2v) is 9.87. The summed E-state index contributed by atoms with van der Waals surface area (Å²) in [5, 5.41) is 5.55. The third-order valence-electron chi connectivity index (χ3n) is 4.50. The number of rotatable bonds is 10. The zero-order chi connectivity index (χ0) is 25.3. The Morgan fingerprint density at radius 3 is 2.17 bits per heavy atom. The van der Waals surface area contributed by atoms with Crippen LogP contribution < -0.4 is 24.8 Å². The van der Waals surface area contributed by atoms with E-state index in [1.165, 1.54) is 12.1 Å². The minimum atomic E-state index is -3.59. The third-order valence-corrected chi connectivity index (χ3v) is 6.38. The molecule has 0 bridgehead atoms. The molecule has 1 amide bonds. The van der Waals surface area contributed by atoms with Crippen LogP contribution in [0, 0.1) is 0 Å². The summed E-state index contributed by atoms with van der Waals surface area (Å²) >= 11 is 5.22. The van der Waals surface area contributed by atoms with E-state index in [2.05, 4.69) is 15.4 Å². The zero-order valence-electron chi connectivity index (χ0n) is 19.4. The Kier molecular flexibility index (Phi) is 9.18. The maximum atomic E-state index is 12.6. The molecule has 0 spiro atoms. The second kappa shape index (κ2) is 12.3. The van der Waals surface area contributed by atoms with Crippen molar-refractivity contribution in [3.05, 3.63) is 84.4 Å². The van der Waals surface area contributed by atoms with E-state index in [-0.39, 0.29) is 16.0 Å². The number of nitrogens with one attached hydrogen (secondary N) is 3. The summed E-state index contributed by atoms with van der Waals surface area (Å²) < 4.78 is 38.2. The first-order valence-electron chi connectivity index (χ1n) is 10.9. The van der Waals surface area contributed by atoms with Gasteiger partial charge in [-0.1, -0.05) is 24.3 Å². The van der Waals surface area contributed by atoms with E-state index in [4.69, 9.17) is 21.7 Å². The zero-order valence-corrected chi connectivity index (χ0v) is 21.0. The van der Waals surface area contributed by atoms with Crippen molar-refractivity contribution in [3.63, 3.8) is 0 Å². The predicted molar refractivity (Wildman–Crippen MR) is 139 cm³/mol. The van der Waals surface area contributed by atoms with E-state index in [1.807, 2.05) is 30.3 Å². The second-order valence-electron chi connectivity index (χ2n) is 7.75. The highest BCUT2D eigenvalue weighted by atomic mass is 32.2. The molecule has 0 atom stereocenters. The van der Waals surface area contributed by atoms with Crippen LogP contribution in [0.3, 0.4) is 0 Å². The molecule has 0 aliphatic heterocycles. The van der Waals surface area contributed by atoms with Crippen LogP contribution in [0.5, 0.6) is 11.5 Å². The Bertz CT molecular complexity index is 1250. The van der Waals surface area contributed by atoms with Crippen LogP contribution in [0.25, 0.3) is 0 Å². The quantitative estimate of drug-likeness (QED) is 0.278. The molecule has 35 heavy (non-hydrogen) atoms. The highest BCUT2D eigenvalue weighted by molar-refractivity contribution is 7.89. The molecule has 0 saturated carbocycles. The summed E-state index contributed by atoms with van der Waals surface area (Å²) in [6.07, 6.45) is 0. The first kappa shape index (κ1) is 26.1. The fourth-order valence-electron chi connectivity index (χ4n) is 3.00. The number of carbonyl (C=O) groups is 1. The van der Waals surface area contributed by atoms with Gasteiger partial charge in [-0.3, -0.25) is 10.1 Å². The summed E-state index contributed by atoms with van der Waals surface area (Å²) in [6.45, 7) is 4.17. The lowest BCUT2D eigenvalue weighted by molar-refractivity contribution is 0.0977. The average Bonchev–Trinajstić information content (AvgIpc) is 2.82. The van der Waals surface area contributed by atoms with Crippen LogP contribution in [0.1, 0.15) is 24.2 Å². The fraction of sp³-hybridized carbons (Fsp3) is 0.200. The van der Waals surface area contributed by atoms with Crippen LogP contribution >= 0.6 is 12.2 Å². The molecule has 184 valence electrons. The van der Waals surface area contributed by atoms with Gasteiger partial charge in [-0.2, -0.15) is 0 Å². The van der Waals surface area contributed by atoms with Crippen molar-refractivity contribution < 1.29 is 22.7 Å². The molecule has 3 N–H and O–H groups in total. The van der Waals surface area contributed by atoms with Crippen LogP contribution in [0.2, 0.25) is 0 Å². The number of para-hydroxylation sites is 1. The predicted octanol–water partition coefficient (Wildman–Crippen LogP) is 3.96. The van der Waals surface area contributed by atoms with Gasteiger partial charge >= 0.3 is 0 Å². The van der Waals surface area contributed by atoms with E-state index in [1.54, 1.807) is 50.2 Å². The lowest BCUT2D eigenvalue weighted by Gasteiger charge is -2.12. The summed E-state index contributed by atoms with van der Waals surface area (Å²) in [5.74, 6) is 0.877. The van der Waals surface area contributed by atoms with E-state index in [0.717, 1.165) is 5.75 Å². The van der Waals surface area contributed by atoms with Crippen molar-refractivity contribution in [1.29, 1.82) is 0 Å². The molecule has 0 aliphatic rings. The van der Waals surface area contributed by atoms with Gasteiger partial charge in [0, 0.05) is 17.3 Å². The molecule has 8 nitrogen and oxygen atoms in total. The summed E-state index contributed by atoms with van der Waals surface area (Å²) in [5.41, 5.74) is 0.908. The Balaban J connectivity index is 1.49. The van der Waals surface area contributed by atoms with Crippen molar-refractivity contribution in [2.24, 2.45) is 0 Å². The van der Waals surface area contributed by atoms with E-state index in [0.29, 0.717) is 30.2 Å². The molecular formula is C25H27N3O5S2. The van der Waals surface area contributed by atoms with Gasteiger partial charge in [-0.15, -0.1) is 0 Å². The summed E-state index contributed by atoms with van der Waals surface area (Å²) in [7, 11) is -3.59. The first-order valence-corrected chi connectivity index (χ1v) is 12.8. The third kappa shape index (κ3) is 8.36. The number of benzene rings is 3. The lowest BCUT2D eigenvalue weighted by atomic mass is 10.2. The summed E-state index contributed by atoms with van der Waals surface area (Å²) in [6, 6.07) is 22.0. The molecule has 0 aliphatic carbocycles. The van der Waals surface area contributed by atoms with Gasteiger partial charge < -0.3 is 14.8 Å². The molecule has 0 unspecified atom stereocenters. The number of ether oxygens (including phenoxy) is 2. The average molecular weight is 514 g/mol. The van der Waals surface area contributed by atoms with Gasteiger partial charge in [0.05, 0.1) is 4.90 Å². The first-order chi connectivity index (χ1) is 16.7. The van der Waals surface area contributed by atoms with Gasteiger partial charge in [0.15, 0.2) is 5.11 Å². The minimum Gasteiger partial charge on any atom is -0.490 e. The SMILES string of the molecule is CC(C)NS(=O)(=O)c1ccc(NC(=S)NC(=O)c2cccc(OCCOc3ccccc3)c2)cc1. The summed E-state index contributed by atoms with van der Waals surface area (Å²) in [4.78, 5) is 12.7. The standard InChI is InChI=1S/C25H27N3O5S2/c1-18(2)28-35(30,31)23-13-11-20(12-14-23)26-25(34)27-24(29)19-7-6-10-22(17-19)33-16-15-32-21-8-4-3-5-9-21/h3-14,17-18,28H,15-16H2,1-2H3,(H2,26,27,29,34). The lowest BCUT2D eigenvalue weighted by Crippen LogP contribution is -2.34. The van der Waals surface area contributed by atoms with Crippen LogP contribution in [0.15, 0.2) is 83.8 Å². The monoisotopic (exact) mass is 513 g/mol. The molecule has 0 aromatic heterocycles.